The van der Waals surface area contributed by atoms with Gasteiger partial charge >= 0.3 is 12.2 Å². The highest BCUT2D eigenvalue weighted by Gasteiger charge is 2.44. The Hall–Kier alpha value is -3.86. The molecule has 1 fully saturated rings. The summed E-state index contributed by atoms with van der Waals surface area (Å²) in [6, 6.07) is 6.80. The molecule has 38 heavy (non-hydrogen) atoms. The molecule has 11 heteroatoms. The lowest BCUT2D eigenvalue weighted by molar-refractivity contribution is -0.170. The van der Waals surface area contributed by atoms with Crippen LogP contribution in [0.4, 0.5) is 23.7 Å². The number of hydrogen-bond acceptors (Lipinski definition) is 5. The number of rotatable bonds is 4. The topological polar surface area (TPSA) is 78.3 Å². The van der Waals surface area contributed by atoms with E-state index in [1.807, 2.05) is 31.1 Å². The van der Waals surface area contributed by atoms with Gasteiger partial charge in [-0.05, 0) is 49.7 Å². The SMILES string of the molecule is CN1CCN(C2=CC=C(NC(=O)Nc3ccc(-c4cncc5c4cnn5C)cc3)CCC2C(F)(F)F)CC1. The van der Waals surface area contributed by atoms with Gasteiger partial charge in [-0.2, -0.15) is 18.3 Å². The van der Waals surface area contributed by atoms with Crippen molar-refractivity contribution in [2.24, 2.45) is 13.0 Å². The molecular formula is C27H30F3N7O. The van der Waals surface area contributed by atoms with Crippen LogP contribution >= 0.6 is 0 Å². The van der Waals surface area contributed by atoms with Gasteiger partial charge in [-0.15, -0.1) is 0 Å². The standard InChI is InChI=1S/C27H30F3N7O/c1-35-11-13-37(14-12-35)24-10-8-20(7-9-23(24)27(28,29)30)34-26(38)33-19-5-3-18(4-6-19)21-15-31-17-25-22(21)16-32-36(25)2/h3-6,8,10,15-17,23H,7,9,11-14H2,1-2H3,(H2,33,34,38). The zero-order chi connectivity index (χ0) is 26.9. The average molecular weight is 526 g/mol. The summed E-state index contributed by atoms with van der Waals surface area (Å²) < 4.78 is 43.5. The number of alkyl halides is 3. The second-order valence-electron chi connectivity index (χ2n) is 9.75. The first-order valence-corrected chi connectivity index (χ1v) is 12.5. The van der Waals surface area contributed by atoms with Crippen molar-refractivity contribution in [1.82, 2.24) is 29.9 Å². The number of amides is 2. The van der Waals surface area contributed by atoms with Crippen molar-refractivity contribution in [2.75, 3.05) is 38.5 Å². The van der Waals surface area contributed by atoms with E-state index in [4.69, 9.17) is 0 Å². The monoisotopic (exact) mass is 525 g/mol. The fourth-order valence-electron chi connectivity index (χ4n) is 4.99. The maximum absolute atomic E-state index is 13.9. The lowest BCUT2D eigenvalue weighted by atomic mass is 9.97. The predicted octanol–water partition coefficient (Wildman–Crippen LogP) is 4.74. The third-order valence-electron chi connectivity index (χ3n) is 7.18. The minimum atomic E-state index is -4.35. The van der Waals surface area contributed by atoms with Gasteiger partial charge in [-0.1, -0.05) is 12.1 Å². The third kappa shape index (κ3) is 5.52. The van der Waals surface area contributed by atoms with Gasteiger partial charge < -0.3 is 20.4 Å². The van der Waals surface area contributed by atoms with Gasteiger partial charge in [0.1, 0.15) is 0 Å². The third-order valence-corrected chi connectivity index (χ3v) is 7.18. The van der Waals surface area contributed by atoms with Crippen LogP contribution in [0.15, 0.2) is 66.4 Å². The molecule has 2 N–H and O–H groups in total. The van der Waals surface area contributed by atoms with Gasteiger partial charge in [0.15, 0.2) is 0 Å². The Balaban J connectivity index is 1.26. The quantitative estimate of drug-likeness (QED) is 0.515. The Kier molecular flexibility index (Phi) is 7.11. The summed E-state index contributed by atoms with van der Waals surface area (Å²) in [5.74, 6) is -1.56. The average Bonchev–Trinajstić information content (AvgIpc) is 3.13. The van der Waals surface area contributed by atoms with Crippen LogP contribution in [0, 0.1) is 5.92 Å². The summed E-state index contributed by atoms with van der Waals surface area (Å²) in [6.07, 6.45) is 4.10. The molecule has 2 amide bonds. The molecule has 8 nitrogen and oxygen atoms in total. The maximum Gasteiger partial charge on any atom is 0.397 e. The molecule has 1 atom stereocenters. The summed E-state index contributed by atoms with van der Waals surface area (Å²) >= 11 is 0. The van der Waals surface area contributed by atoms with E-state index in [9.17, 15) is 18.0 Å². The summed E-state index contributed by atoms with van der Waals surface area (Å²) in [5.41, 5.74) is 4.06. The van der Waals surface area contributed by atoms with Crippen LogP contribution in [0.25, 0.3) is 22.0 Å². The van der Waals surface area contributed by atoms with Crippen molar-refractivity contribution < 1.29 is 18.0 Å². The molecule has 2 aliphatic rings. The molecular weight excluding hydrogens is 495 g/mol. The number of halogens is 3. The van der Waals surface area contributed by atoms with E-state index in [0.29, 0.717) is 37.6 Å². The van der Waals surface area contributed by atoms with Gasteiger partial charge in [0.2, 0.25) is 0 Å². The van der Waals surface area contributed by atoms with Crippen LogP contribution in [0.5, 0.6) is 0 Å². The molecule has 0 spiro atoms. The van der Waals surface area contributed by atoms with E-state index in [0.717, 1.165) is 22.0 Å². The van der Waals surface area contributed by atoms with Crippen LogP contribution in [-0.4, -0.2) is 70.0 Å². The number of nitrogens with one attached hydrogen (secondary N) is 2. The summed E-state index contributed by atoms with van der Waals surface area (Å²) in [4.78, 5) is 20.9. The number of likely N-dealkylation sites (N-methyl/N-ethyl adjacent to an activating group) is 1. The van der Waals surface area contributed by atoms with Gasteiger partial charge in [0.05, 0.1) is 23.8 Å². The highest BCUT2D eigenvalue weighted by molar-refractivity contribution is 5.95. The number of benzene rings is 1. The van der Waals surface area contributed by atoms with Gasteiger partial charge in [0, 0.05) is 67.5 Å². The molecule has 1 aliphatic carbocycles. The van der Waals surface area contributed by atoms with Crippen LogP contribution < -0.4 is 10.6 Å². The maximum atomic E-state index is 13.9. The molecule has 1 saturated heterocycles. The number of hydrogen-bond donors (Lipinski definition) is 2. The minimum absolute atomic E-state index is 0.115. The van der Waals surface area contributed by atoms with Crippen LogP contribution in [0.1, 0.15) is 12.8 Å². The smallest absolute Gasteiger partial charge is 0.372 e. The number of pyridine rings is 1. The summed E-state index contributed by atoms with van der Waals surface area (Å²) in [6.45, 7) is 2.53. The Labute approximate surface area is 218 Å². The number of carbonyl (C=O) groups excluding carboxylic acids is 1. The number of aromatic nitrogens is 3. The van der Waals surface area contributed by atoms with Gasteiger partial charge in [-0.25, -0.2) is 4.79 Å². The van der Waals surface area contributed by atoms with Crippen molar-refractivity contribution in [3.8, 4) is 11.1 Å². The zero-order valence-corrected chi connectivity index (χ0v) is 21.3. The largest absolute Gasteiger partial charge is 0.397 e. The molecule has 1 unspecified atom stereocenters. The molecule has 3 aromatic rings. The molecule has 3 heterocycles. The van der Waals surface area contributed by atoms with Gasteiger partial charge in [-0.3, -0.25) is 9.67 Å². The van der Waals surface area contributed by atoms with E-state index in [1.54, 1.807) is 41.5 Å². The molecule has 1 aromatic carbocycles. The van der Waals surface area contributed by atoms with E-state index >= 15 is 0 Å². The first-order valence-electron chi connectivity index (χ1n) is 12.5. The summed E-state index contributed by atoms with van der Waals surface area (Å²) in [5, 5.41) is 10.8. The molecule has 200 valence electrons. The van der Waals surface area contributed by atoms with Gasteiger partial charge in [0.25, 0.3) is 0 Å². The van der Waals surface area contributed by atoms with E-state index in [2.05, 4.69) is 25.6 Å². The molecule has 0 radical (unpaired) electrons. The molecule has 0 bridgehead atoms. The van der Waals surface area contributed by atoms with E-state index < -0.39 is 18.1 Å². The Bertz CT molecular complexity index is 1370. The Morgan fingerprint density at radius 1 is 0.974 bits per heavy atom. The predicted molar refractivity (Wildman–Crippen MR) is 140 cm³/mol. The second-order valence-corrected chi connectivity index (χ2v) is 9.75. The van der Waals surface area contributed by atoms with Crippen molar-refractivity contribution in [3.05, 3.63) is 66.4 Å². The highest BCUT2D eigenvalue weighted by atomic mass is 19.4. The normalized spacial score (nSPS) is 19.1. The lowest BCUT2D eigenvalue weighted by Gasteiger charge is -2.38. The zero-order valence-electron chi connectivity index (χ0n) is 21.3. The highest BCUT2D eigenvalue weighted by Crippen LogP contribution is 2.39. The van der Waals surface area contributed by atoms with Crippen molar-refractivity contribution in [1.29, 1.82) is 0 Å². The molecule has 2 aromatic heterocycles. The Morgan fingerprint density at radius 2 is 1.71 bits per heavy atom. The number of nitrogens with zero attached hydrogens (tertiary/aromatic N) is 5. The number of allylic oxidation sites excluding steroid dienone is 4. The lowest BCUT2D eigenvalue weighted by Crippen LogP contribution is -2.46. The second kappa shape index (κ2) is 10.5. The number of anilines is 1. The fraction of sp³-hybridized carbons (Fsp3) is 0.370. The number of urea groups is 1. The number of aryl methyl sites for hydroxylation is 1. The van der Waals surface area contributed by atoms with Crippen molar-refractivity contribution in [3.63, 3.8) is 0 Å². The van der Waals surface area contributed by atoms with Crippen LogP contribution in [-0.2, 0) is 7.05 Å². The minimum Gasteiger partial charge on any atom is -0.372 e. The van der Waals surface area contributed by atoms with Crippen LogP contribution in [0.3, 0.4) is 0 Å². The number of piperazine rings is 1. The van der Waals surface area contributed by atoms with E-state index in [-0.39, 0.29) is 18.5 Å². The fourth-order valence-corrected chi connectivity index (χ4v) is 4.99. The van der Waals surface area contributed by atoms with E-state index in [1.165, 1.54) is 6.08 Å². The van der Waals surface area contributed by atoms with Crippen molar-refractivity contribution >= 4 is 22.6 Å². The van der Waals surface area contributed by atoms with Crippen molar-refractivity contribution in [2.45, 2.75) is 19.0 Å². The molecule has 5 rings (SSSR count). The molecule has 1 aliphatic heterocycles. The first kappa shape index (κ1) is 25.8. The number of fused-ring (bicyclic) bond motifs is 1. The molecule has 0 saturated carbocycles. The number of carbonyl (C=O) groups is 1. The van der Waals surface area contributed by atoms with Crippen LogP contribution in [0.2, 0.25) is 0 Å². The summed E-state index contributed by atoms with van der Waals surface area (Å²) in [7, 11) is 3.82. The Morgan fingerprint density at radius 3 is 2.42 bits per heavy atom. The first-order chi connectivity index (χ1) is 18.2.